The van der Waals surface area contributed by atoms with Gasteiger partial charge in [-0.1, -0.05) is 6.08 Å². The number of carbonyl (C=O) groups excluding carboxylic acids is 1. The molecule has 0 bridgehead atoms. The molecular weight excluding hydrogens is 310 g/mol. The maximum absolute atomic E-state index is 12.6. The summed E-state index contributed by atoms with van der Waals surface area (Å²) in [7, 11) is -3.61. The van der Waals surface area contributed by atoms with Crippen molar-refractivity contribution >= 4 is 27.6 Å². The van der Waals surface area contributed by atoms with Crippen LogP contribution in [0.1, 0.15) is 26.2 Å². The second-order valence-electron chi connectivity index (χ2n) is 5.40. The van der Waals surface area contributed by atoms with Crippen molar-refractivity contribution < 1.29 is 23.1 Å². The lowest BCUT2D eigenvalue weighted by Crippen LogP contribution is -2.47. The van der Waals surface area contributed by atoms with Gasteiger partial charge in [-0.05, 0) is 25.3 Å². The summed E-state index contributed by atoms with van der Waals surface area (Å²) in [5, 5.41) is 11.1. The number of carboxylic acid groups (broad SMARTS) is 1. The Labute approximate surface area is 127 Å². The molecule has 9 heteroatoms. The molecule has 22 heavy (non-hydrogen) atoms. The maximum atomic E-state index is 12.6. The minimum Gasteiger partial charge on any atom is -0.478 e. The molecule has 1 amide bonds. The topological polar surface area (TPSA) is 116 Å². The van der Waals surface area contributed by atoms with Crippen LogP contribution in [0.2, 0.25) is 0 Å². The molecule has 0 saturated heterocycles. The Hall–Kier alpha value is -2.16. The van der Waals surface area contributed by atoms with Gasteiger partial charge in [0.15, 0.2) is 0 Å². The zero-order chi connectivity index (χ0) is 16.1. The van der Waals surface area contributed by atoms with Gasteiger partial charge in [-0.15, -0.1) is 0 Å². The zero-order valence-electron chi connectivity index (χ0n) is 11.8. The lowest BCUT2D eigenvalue weighted by atomic mass is 10.0. The highest BCUT2D eigenvalue weighted by atomic mass is 32.2. The fourth-order valence-electron chi connectivity index (χ4n) is 2.46. The summed E-state index contributed by atoms with van der Waals surface area (Å²) in [6.07, 6.45) is 3.13. The molecule has 3 rings (SSSR count). The van der Waals surface area contributed by atoms with Crippen molar-refractivity contribution in [3.63, 3.8) is 0 Å². The molecule has 2 aliphatic carbocycles. The minimum absolute atomic E-state index is 0.118. The average Bonchev–Trinajstić information content (AvgIpc) is 3.19. The summed E-state index contributed by atoms with van der Waals surface area (Å²) in [6.45, 7) is 1.27. The first kappa shape index (κ1) is 14.8. The number of amides is 1. The first-order valence-electron chi connectivity index (χ1n) is 6.83. The van der Waals surface area contributed by atoms with E-state index in [-0.39, 0.29) is 17.7 Å². The van der Waals surface area contributed by atoms with Gasteiger partial charge in [-0.25, -0.2) is 22.5 Å². The third-order valence-corrected chi connectivity index (χ3v) is 5.90. The fraction of sp³-hybridized carbons (Fsp3) is 0.462. The number of hydrogen-bond donors (Lipinski definition) is 2. The van der Waals surface area contributed by atoms with Crippen LogP contribution in [-0.2, 0) is 19.6 Å². The summed E-state index contributed by atoms with van der Waals surface area (Å²) in [6, 6.07) is 0. The van der Waals surface area contributed by atoms with E-state index in [0.717, 1.165) is 4.31 Å². The number of aliphatic carboxylic acids is 1. The molecule has 118 valence electrons. The number of rotatable bonds is 4. The molecule has 2 N–H and O–H groups in total. The number of fused-ring (bicyclic) bond motifs is 1. The summed E-state index contributed by atoms with van der Waals surface area (Å²) in [5.74, 6) is -1.48. The van der Waals surface area contributed by atoms with Gasteiger partial charge in [-0.3, -0.25) is 4.79 Å². The van der Waals surface area contributed by atoms with Crippen LogP contribution in [0, 0.1) is 0 Å². The number of allylic oxidation sites excluding steroid dienone is 2. The molecule has 1 saturated carbocycles. The van der Waals surface area contributed by atoms with E-state index in [1.165, 1.54) is 19.1 Å². The summed E-state index contributed by atoms with van der Waals surface area (Å²) < 4.78 is 26.3. The van der Waals surface area contributed by atoms with Gasteiger partial charge in [0.2, 0.25) is 22.2 Å². The normalized spacial score (nSPS) is 24.1. The molecule has 8 nitrogen and oxygen atoms in total. The van der Waals surface area contributed by atoms with Crippen molar-refractivity contribution in [3.8, 4) is 0 Å². The second-order valence-corrected chi connectivity index (χ2v) is 7.49. The van der Waals surface area contributed by atoms with Crippen molar-refractivity contribution in [3.05, 3.63) is 23.4 Å². The molecule has 1 heterocycles. The Kier molecular flexibility index (Phi) is 3.32. The van der Waals surface area contributed by atoms with E-state index in [1.807, 2.05) is 0 Å². The number of sulfonamides is 1. The number of carboxylic acids is 1. The molecule has 1 atom stereocenters. The Balaban J connectivity index is 2.00. The molecule has 1 aliphatic heterocycles. The van der Waals surface area contributed by atoms with Crippen LogP contribution in [0.15, 0.2) is 28.4 Å². The van der Waals surface area contributed by atoms with Crippen LogP contribution in [0.3, 0.4) is 0 Å². The molecule has 1 fully saturated rings. The molecule has 0 aromatic rings. The highest BCUT2D eigenvalue weighted by Crippen LogP contribution is 2.37. The second kappa shape index (κ2) is 4.94. The minimum atomic E-state index is -3.61. The number of aliphatic imine (C=N–C) groups is 1. The Morgan fingerprint density at radius 3 is 2.64 bits per heavy atom. The van der Waals surface area contributed by atoms with E-state index in [9.17, 15) is 18.0 Å². The Morgan fingerprint density at radius 2 is 2.09 bits per heavy atom. The molecule has 0 radical (unpaired) electrons. The van der Waals surface area contributed by atoms with E-state index in [4.69, 9.17) is 5.11 Å². The highest BCUT2D eigenvalue weighted by Gasteiger charge is 2.47. The van der Waals surface area contributed by atoms with Gasteiger partial charge >= 0.3 is 5.97 Å². The van der Waals surface area contributed by atoms with Gasteiger partial charge in [0.1, 0.15) is 0 Å². The summed E-state index contributed by atoms with van der Waals surface area (Å²) >= 11 is 0. The molecule has 0 aromatic heterocycles. The Morgan fingerprint density at radius 1 is 1.41 bits per heavy atom. The van der Waals surface area contributed by atoms with E-state index >= 15 is 0 Å². The third-order valence-electron chi connectivity index (χ3n) is 3.64. The van der Waals surface area contributed by atoms with Crippen LogP contribution in [0.25, 0.3) is 0 Å². The highest BCUT2D eigenvalue weighted by molar-refractivity contribution is 7.90. The molecule has 0 spiro atoms. The first-order chi connectivity index (χ1) is 10.3. The lowest BCUT2D eigenvalue weighted by Gasteiger charge is -2.26. The quantitative estimate of drug-likeness (QED) is 0.752. The smallest absolute Gasteiger partial charge is 0.331 e. The SMILES string of the molecule is CC(=O)NC1N=C2C=C(C(=O)O)CC=C2N1S(=O)(=O)C1CC1. The van der Waals surface area contributed by atoms with Crippen LogP contribution < -0.4 is 5.32 Å². The lowest BCUT2D eigenvalue weighted by molar-refractivity contribution is -0.132. The number of carbonyl (C=O) groups is 2. The van der Waals surface area contributed by atoms with Crippen molar-refractivity contribution in [2.75, 3.05) is 0 Å². The maximum Gasteiger partial charge on any atom is 0.331 e. The first-order valence-corrected chi connectivity index (χ1v) is 8.33. The summed E-state index contributed by atoms with van der Waals surface area (Å²) in [4.78, 5) is 26.5. The monoisotopic (exact) mass is 325 g/mol. The molecule has 1 unspecified atom stereocenters. The predicted octanol–water partition coefficient (Wildman–Crippen LogP) is -0.0465. The van der Waals surface area contributed by atoms with Crippen molar-refractivity contribution in [2.45, 2.75) is 37.7 Å². The summed E-state index contributed by atoms with van der Waals surface area (Å²) in [5.41, 5.74) is 0.747. The van der Waals surface area contributed by atoms with Crippen LogP contribution in [0.4, 0.5) is 0 Å². The van der Waals surface area contributed by atoms with E-state index in [0.29, 0.717) is 18.5 Å². The van der Waals surface area contributed by atoms with Crippen LogP contribution >= 0.6 is 0 Å². The Bertz CT molecular complexity index is 746. The van der Waals surface area contributed by atoms with Crippen molar-refractivity contribution in [2.24, 2.45) is 4.99 Å². The molecular formula is C13H15N3O5S. The van der Waals surface area contributed by atoms with E-state index < -0.39 is 33.4 Å². The van der Waals surface area contributed by atoms with Crippen molar-refractivity contribution in [1.29, 1.82) is 0 Å². The van der Waals surface area contributed by atoms with E-state index in [2.05, 4.69) is 10.3 Å². The van der Waals surface area contributed by atoms with Gasteiger partial charge in [0, 0.05) is 12.5 Å². The number of nitrogens with zero attached hydrogens (tertiary/aromatic N) is 2. The largest absolute Gasteiger partial charge is 0.478 e. The van der Waals surface area contributed by atoms with Gasteiger partial charge in [0.05, 0.1) is 16.7 Å². The van der Waals surface area contributed by atoms with Crippen LogP contribution in [0.5, 0.6) is 0 Å². The zero-order valence-corrected chi connectivity index (χ0v) is 12.6. The van der Waals surface area contributed by atoms with Gasteiger partial charge in [0.25, 0.3) is 0 Å². The van der Waals surface area contributed by atoms with Crippen LogP contribution in [-0.4, -0.2) is 47.0 Å². The standard InChI is InChI=1S/C13H15N3O5S/c1-7(17)14-13-15-10-6-8(12(18)19)2-5-11(10)16(13)22(20,21)9-3-4-9/h5-6,9,13H,2-4H2,1H3,(H,14,17)(H,18,19). The van der Waals surface area contributed by atoms with Crippen molar-refractivity contribution in [1.82, 2.24) is 9.62 Å². The van der Waals surface area contributed by atoms with Gasteiger partial charge in [-0.2, -0.15) is 0 Å². The average molecular weight is 325 g/mol. The predicted molar refractivity (Wildman–Crippen MR) is 77.2 cm³/mol. The fourth-order valence-corrected chi connectivity index (χ4v) is 4.33. The van der Waals surface area contributed by atoms with E-state index in [1.54, 1.807) is 0 Å². The molecule has 3 aliphatic rings. The molecule has 0 aromatic carbocycles. The third kappa shape index (κ3) is 2.41. The number of nitrogens with one attached hydrogen (secondary N) is 1. The van der Waals surface area contributed by atoms with Gasteiger partial charge < -0.3 is 10.4 Å². The number of hydrogen-bond acceptors (Lipinski definition) is 5.